The Hall–Kier alpha value is -6.90. The van der Waals surface area contributed by atoms with Gasteiger partial charge in [0, 0.05) is 28.0 Å². The average Bonchev–Trinajstić information content (AvgIpc) is 3.67. The molecule has 1 aromatic heterocycles. The molecule has 0 amide bonds. The van der Waals surface area contributed by atoms with Crippen molar-refractivity contribution in [3.8, 4) is 55.8 Å². The zero-order valence-electron chi connectivity index (χ0n) is 28.6. The molecule has 0 saturated carbocycles. The second-order valence-electron chi connectivity index (χ2n) is 13.0. The summed E-state index contributed by atoms with van der Waals surface area (Å²) in [6, 6.07) is 75.3. The van der Waals surface area contributed by atoms with Crippen LogP contribution in [0.1, 0.15) is 0 Å². The lowest BCUT2D eigenvalue weighted by molar-refractivity contribution is 0.631. The molecular formula is C50H35NO. The van der Waals surface area contributed by atoms with Crippen LogP contribution in [-0.4, -0.2) is 0 Å². The van der Waals surface area contributed by atoms with Gasteiger partial charge in [-0.3, -0.25) is 0 Å². The topological polar surface area (TPSA) is 16.4 Å². The van der Waals surface area contributed by atoms with Gasteiger partial charge in [0.25, 0.3) is 0 Å². The molecule has 1 heterocycles. The first kappa shape index (κ1) is 31.1. The minimum atomic E-state index is 0.862. The first-order valence-electron chi connectivity index (χ1n) is 17.7. The van der Waals surface area contributed by atoms with Crippen LogP contribution in [0.5, 0.6) is 0 Å². The SMILES string of the molecule is c1ccc(-c2ccc(N(c3ccc(-c4ccccc4)cc3)c3ccc(-c4cc(-c5ccccc5)cc(-c5cc6ccccc6o5)c4)cc3)cc2)cc1. The monoisotopic (exact) mass is 665 g/mol. The summed E-state index contributed by atoms with van der Waals surface area (Å²) in [6.07, 6.45) is 0. The predicted octanol–water partition coefficient (Wildman–Crippen LogP) is 14.2. The number of fused-ring (bicyclic) bond motifs is 1. The Kier molecular flexibility index (Phi) is 8.24. The van der Waals surface area contributed by atoms with E-state index in [1.54, 1.807) is 0 Å². The first-order valence-corrected chi connectivity index (χ1v) is 17.7. The molecule has 2 heteroatoms. The van der Waals surface area contributed by atoms with Crippen molar-refractivity contribution in [1.29, 1.82) is 0 Å². The maximum absolute atomic E-state index is 6.35. The van der Waals surface area contributed by atoms with E-state index >= 15 is 0 Å². The zero-order valence-corrected chi connectivity index (χ0v) is 28.6. The smallest absolute Gasteiger partial charge is 0.135 e. The normalized spacial score (nSPS) is 11.1. The van der Waals surface area contributed by atoms with E-state index in [0.717, 1.165) is 56.0 Å². The van der Waals surface area contributed by atoms with Crippen LogP contribution in [0.15, 0.2) is 217 Å². The Bertz CT molecular complexity index is 2450. The van der Waals surface area contributed by atoms with Gasteiger partial charge in [-0.1, -0.05) is 146 Å². The average molecular weight is 666 g/mol. The Morgan fingerprint density at radius 3 is 1.06 bits per heavy atom. The van der Waals surface area contributed by atoms with Crippen LogP contribution in [0.3, 0.4) is 0 Å². The molecule has 0 spiro atoms. The van der Waals surface area contributed by atoms with Gasteiger partial charge in [0.2, 0.25) is 0 Å². The molecular weight excluding hydrogens is 631 g/mol. The minimum Gasteiger partial charge on any atom is -0.456 e. The van der Waals surface area contributed by atoms with Gasteiger partial charge >= 0.3 is 0 Å². The fourth-order valence-corrected chi connectivity index (χ4v) is 6.98. The molecule has 0 aliphatic carbocycles. The van der Waals surface area contributed by atoms with Gasteiger partial charge in [-0.2, -0.15) is 0 Å². The molecule has 0 aliphatic rings. The minimum absolute atomic E-state index is 0.862. The molecule has 0 fully saturated rings. The van der Waals surface area contributed by atoms with Crippen LogP contribution in [0, 0.1) is 0 Å². The maximum Gasteiger partial charge on any atom is 0.135 e. The van der Waals surface area contributed by atoms with E-state index in [0.29, 0.717) is 0 Å². The van der Waals surface area contributed by atoms with Crippen LogP contribution >= 0.6 is 0 Å². The molecule has 2 nitrogen and oxygen atoms in total. The van der Waals surface area contributed by atoms with Gasteiger partial charge in [0.15, 0.2) is 0 Å². The maximum atomic E-state index is 6.35. The quantitative estimate of drug-likeness (QED) is 0.161. The fourth-order valence-electron chi connectivity index (χ4n) is 6.98. The van der Waals surface area contributed by atoms with Gasteiger partial charge < -0.3 is 9.32 Å². The summed E-state index contributed by atoms with van der Waals surface area (Å²) >= 11 is 0. The van der Waals surface area contributed by atoms with Gasteiger partial charge in [-0.15, -0.1) is 0 Å². The van der Waals surface area contributed by atoms with Crippen molar-refractivity contribution in [3.05, 3.63) is 212 Å². The molecule has 0 saturated heterocycles. The van der Waals surface area contributed by atoms with Crippen LogP contribution in [0.25, 0.3) is 66.8 Å². The number of benzene rings is 8. The van der Waals surface area contributed by atoms with E-state index in [9.17, 15) is 0 Å². The van der Waals surface area contributed by atoms with Crippen molar-refractivity contribution < 1.29 is 4.42 Å². The van der Waals surface area contributed by atoms with Gasteiger partial charge in [-0.25, -0.2) is 0 Å². The van der Waals surface area contributed by atoms with Crippen molar-refractivity contribution in [3.63, 3.8) is 0 Å². The van der Waals surface area contributed by atoms with Crippen molar-refractivity contribution in [2.24, 2.45) is 0 Å². The lowest BCUT2D eigenvalue weighted by Crippen LogP contribution is -2.09. The highest BCUT2D eigenvalue weighted by atomic mass is 16.3. The summed E-state index contributed by atoms with van der Waals surface area (Å²) in [7, 11) is 0. The highest BCUT2D eigenvalue weighted by Gasteiger charge is 2.15. The third kappa shape index (κ3) is 6.30. The van der Waals surface area contributed by atoms with Crippen molar-refractivity contribution >= 4 is 28.0 Å². The Balaban J connectivity index is 1.11. The molecule has 9 rings (SSSR count). The van der Waals surface area contributed by atoms with E-state index in [1.165, 1.54) is 27.8 Å². The molecule has 8 aromatic carbocycles. The second-order valence-corrected chi connectivity index (χ2v) is 13.0. The number of anilines is 3. The third-order valence-corrected chi connectivity index (χ3v) is 9.67. The standard InChI is InChI=1S/C50H35NO/c1-4-12-36(13-5-1)39-20-26-46(27-21-39)51(47-28-22-40(23-29-47)37-14-6-2-7-15-37)48-30-24-41(25-31-48)44-32-43(38-16-8-3-9-17-38)33-45(34-44)50-35-42-18-10-11-19-49(42)52-50/h1-35H. The largest absolute Gasteiger partial charge is 0.456 e. The van der Waals surface area contributed by atoms with E-state index in [4.69, 9.17) is 4.42 Å². The molecule has 0 aliphatic heterocycles. The summed E-state index contributed by atoms with van der Waals surface area (Å²) in [5, 5.41) is 1.10. The van der Waals surface area contributed by atoms with Gasteiger partial charge in [0.1, 0.15) is 11.3 Å². The highest BCUT2D eigenvalue weighted by Crippen LogP contribution is 2.39. The lowest BCUT2D eigenvalue weighted by Gasteiger charge is -2.26. The van der Waals surface area contributed by atoms with E-state index < -0.39 is 0 Å². The zero-order chi connectivity index (χ0) is 34.7. The number of nitrogens with zero attached hydrogens (tertiary/aromatic N) is 1. The van der Waals surface area contributed by atoms with Crippen LogP contribution < -0.4 is 4.90 Å². The predicted molar refractivity (Wildman–Crippen MR) is 218 cm³/mol. The summed E-state index contributed by atoms with van der Waals surface area (Å²) in [5.41, 5.74) is 14.6. The Morgan fingerprint density at radius 1 is 0.269 bits per heavy atom. The second kappa shape index (κ2) is 13.8. The van der Waals surface area contributed by atoms with Crippen LogP contribution in [0.4, 0.5) is 17.1 Å². The number of para-hydroxylation sites is 1. The molecule has 0 N–H and O–H groups in total. The van der Waals surface area contributed by atoms with E-state index in [-0.39, 0.29) is 0 Å². The van der Waals surface area contributed by atoms with Crippen molar-refractivity contribution in [1.82, 2.24) is 0 Å². The molecule has 0 bridgehead atoms. The Labute approximate surface area is 304 Å². The number of rotatable bonds is 8. The van der Waals surface area contributed by atoms with E-state index in [1.807, 2.05) is 18.2 Å². The molecule has 52 heavy (non-hydrogen) atoms. The fraction of sp³-hybridized carbons (Fsp3) is 0. The summed E-state index contributed by atoms with van der Waals surface area (Å²) in [5.74, 6) is 0.862. The first-order chi connectivity index (χ1) is 25.7. The molecule has 246 valence electrons. The third-order valence-electron chi connectivity index (χ3n) is 9.67. The van der Waals surface area contributed by atoms with Crippen molar-refractivity contribution in [2.45, 2.75) is 0 Å². The van der Waals surface area contributed by atoms with Gasteiger partial charge in [-0.05, 0) is 111 Å². The van der Waals surface area contributed by atoms with Crippen LogP contribution in [0.2, 0.25) is 0 Å². The number of furan rings is 1. The Morgan fingerprint density at radius 2 is 0.615 bits per heavy atom. The number of hydrogen-bond acceptors (Lipinski definition) is 2. The molecule has 9 aromatic rings. The van der Waals surface area contributed by atoms with E-state index in [2.05, 4.69) is 199 Å². The van der Waals surface area contributed by atoms with Crippen molar-refractivity contribution in [2.75, 3.05) is 4.90 Å². The summed E-state index contributed by atoms with van der Waals surface area (Å²) in [4.78, 5) is 2.33. The lowest BCUT2D eigenvalue weighted by atomic mass is 9.95. The van der Waals surface area contributed by atoms with Gasteiger partial charge in [0.05, 0.1) is 0 Å². The van der Waals surface area contributed by atoms with Crippen LogP contribution in [-0.2, 0) is 0 Å². The molecule has 0 radical (unpaired) electrons. The summed E-state index contributed by atoms with van der Waals surface area (Å²) in [6.45, 7) is 0. The molecule has 0 atom stereocenters. The molecule has 0 unspecified atom stereocenters. The summed E-state index contributed by atoms with van der Waals surface area (Å²) < 4.78 is 6.35. The highest BCUT2D eigenvalue weighted by molar-refractivity contribution is 5.87. The number of hydrogen-bond donors (Lipinski definition) is 0.